The molecule has 1 aliphatic carbocycles. The monoisotopic (exact) mass is 1860 g/mol. The van der Waals surface area contributed by atoms with Gasteiger partial charge in [-0.25, -0.2) is 0 Å². The Bertz CT molecular complexity index is 8420. The summed E-state index contributed by atoms with van der Waals surface area (Å²) in [4.78, 5) is 19.6. The molecule has 1 aliphatic rings. The number of rotatable bonds is 21. The van der Waals surface area contributed by atoms with Crippen molar-refractivity contribution in [2.24, 2.45) is 0 Å². The van der Waals surface area contributed by atoms with Gasteiger partial charge < -0.3 is 19.3 Å². The topological polar surface area (TPSA) is 53.3 Å². The van der Waals surface area contributed by atoms with Crippen molar-refractivity contribution in [2.75, 3.05) is 14.7 Å². The Hall–Kier alpha value is -19.0. The van der Waals surface area contributed by atoms with Gasteiger partial charge in [-0.15, -0.1) is 0 Å². The molecule has 0 aliphatic heterocycles. The number of benzene rings is 20. The van der Waals surface area contributed by atoms with Crippen LogP contribution in [0.2, 0.25) is 0 Å². The van der Waals surface area contributed by atoms with E-state index < -0.39 is 0 Å². The van der Waals surface area contributed by atoms with Gasteiger partial charge in [-0.3, -0.25) is 15.0 Å². The highest BCUT2D eigenvalue weighted by atomic mass is 15.2. The molecule has 0 fully saturated rings. The number of anilines is 9. The van der Waals surface area contributed by atoms with E-state index in [0.29, 0.717) is 0 Å². The summed E-state index contributed by atoms with van der Waals surface area (Å²) in [6.07, 6.45) is 11.0. The van der Waals surface area contributed by atoms with Crippen LogP contribution in [0.3, 0.4) is 0 Å². The van der Waals surface area contributed by atoms with E-state index >= 15 is 0 Å². The van der Waals surface area contributed by atoms with Crippen molar-refractivity contribution in [3.05, 3.63) is 588 Å². The summed E-state index contributed by atoms with van der Waals surface area (Å²) in [6.45, 7) is 4.69. The third-order valence-corrected chi connectivity index (χ3v) is 27.9. The fourth-order valence-electron chi connectivity index (χ4n) is 20.4. The third kappa shape index (κ3) is 19.1. The van der Waals surface area contributed by atoms with Crippen molar-refractivity contribution in [3.63, 3.8) is 0 Å². The zero-order valence-electron chi connectivity index (χ0n) is 80.5. The fourth-order valence-corrected chi connectivity index (χ4v) is 20.4. The summed E-state index contributed by atoms with van der Waals surface area (Å²) in [6, 6.07) is 194. The maximum absolute atomic E-state index is 4.21. The zero-order chi connectivity index (χ0) is 97.2. The molecular weight excluding hydrogens is 1760 g/mol. The summed E-state index contributed by atoms with van der Waals surface area (Å²) in [7, 11) is 0. The van der Waals surface area contributed by atoms with Gasteiger partial charge in [-0.1, -0.05) is 366 Å². The largest absolute Gasteiger partial charge is 0.311 e. The van der Waals surface area contributed by atoms with Crippen molar-refractivity contribution in [3.8, 4) is 139 Å². The first kappa shape index (κ1) is 89.9. The van der Waals surface area contributed by atoms with E-state index in [4.69, 9.17) is 0 Å². The lowest BCUT2D eigenvalue weighted by Gasteiger charge is -2.29. The molecule has 7 nitrogen and oxygen atoms in total. The van der Waals surface area contributed by atoms with Crippen LogP contribution >= 0.6 is 0 Å². The second-order valence-corrected chi connectivity index (χ2v) is 37.1. The summed E-state index contributed by atoms with van der Waals surface area (Å²) >= 11 is 0. The highest BCUT2D eigenvalue weighted by Crippen LogP contribution is 2.52. The minimum absolute atomic E-state index is 0.0973. The minimum Gasteiger partial charge on any atom is -0.311 e. The Balaban J connectivity index is 0.000000121. The summed E-state index contributed by atoms with van der Waals surface area (Å²) in [5.41, 5.74) is 44.9. The minimum atomic E-state index is -0.0973. The van der Waals surface area contributed by atoms with Gasteiger partial charge in [0.15, 0.2) is 0 Å². The van der Waals surface area contributed by atoms with Gasteiger partial charge >= 0.3 is 0 Å². The molecule has 0 spiro atoms. The van der Waals surface area contributed by atoms with Gasteiger partial charge in [-0.2, -0.15) is 0 Å². The average Bonchev–Trinajstić information content (AvgIpc) is 1.58. The van der Waals surface area contributed by atoms with Gasteiger partial charge in [-0.05, 0) is 333 Å². The van der Waals surface area contributed by atoms with Crippen LogP contribution in [-0.4, -0.2) is 19.5 Å². The number of hydrogen-bond donors (Lipinski definition) is 0. The van der Waals surface area contributed by atoms with E-state index in [9.17, 15) is 0 Å². The molecule has 25 rings (SSSR count). The van der Waals surface area contributed by atoms with Crippen LogP contribution in [0.5, 0.6) is 0 Å². The quantitative estimate of drug-likeness (QED) is 0.0715. The van der Waals surface area contributed by atoms with Crippen molar-refractivity contribution in [1.82, 2.24) is 19.5 Å². The molecule has 7 heteroatoms. The number of aromatic nitrogens is 4. The van der Waals surface area contributed by atoms with E-state index in [2.05, 4.69) is 564 Å². The van der Waals surface area contributed by atoms with E-state index in [1.165, 1.54) is 150 Å². The van der Waals surface area contributed by atoms with Crippen LogP contribution in [0.1, 0.15) is 25.0 Å². The predicted molar refractivity (Wildman–Crippen MR) is 608 cm³/mol. The van der Waals surface area contributed by atoms with Gasteiger partial charge in [0.05, 0.1) is 11.0 Å². The zero-order valence-corrected chi connectivity index (χ0v) is 80.5. The van der Waals surface area contributed by atoms with Gasteiger partial charge in [0, 0.05) is 110 Å². The SMILES string of the molecule is CC1(C)c2ccccc2-c2ccc(N(c3ccc(-c4ccncc4)cc3)c3cc(-c4ccccc4)cc(-c4ccccc4)c3)cc21.c1ccc(-c2ccc(-c3ccc(N(c4ccc(-c5ccccc5)cc4)c4ccc(-c5ccncc5)cc4)cc3)cc2)cc1.c1ccc(-c2cccc(-c3ccc(N(c4ccc(-c5ccncc5)cc4)c4ccc(-c5ccc6c(c5)c5ccccc5n6-c5ccccc5)cc4)cc3)c2)cc1. The van der Waals surface area contributed by atoms with Crippen molar-refractivity contribution in [1.29, 1.82) is 0 Å². The Morgan fingerprint density at radius 3 is 0.786 bits per heavy atom. The van der Waals surface area contributed by atoms with Crippen LogP contribution in [0, 0.1) is 0 Å². The van der Waals surface area contributed by atoms with Crippen molar-refractivity contribution in [2.45, 2.75) is 19.3 Å². The molecule has 4 aromatic heterocycles. The maximum atomic E-state index is 4.21. The van der Waals surface area contributed by atoms with Crippen molar-refractivity contribution < 1.29 is 0 Å². The summed E-state index contributed by atoms with van der Waals surface area (Å²) in [5.74, 6) is 0. The Morgan fingerprint density at radius 2 is 0.407 bits per heavy atom. The first-order chi connectivity index (χ1) is 71.6. The molecule has 0 amide bonds. The number of para-hydroxylation sites is 2. The van der Waals surface area contributed by atoms with E-state index in [0.717, 1.165) is 73.4 Å². The lowest BCUT2D eigenvalue weighted by Crippen LogP contribution is -2.16. The van der Waals surface area contributed by atoms with Crippen LogP contribution in [0.15, 0.2) is 577 Å². The molecule has 0 bridgehead atoms. The molecule has 0 saturated heterocycles. The highest BCUT2D eigenvalue weighted by molar-refractivity contribution is 6.11. The molecular formula is C138H101N7. The van der Waals surface area contributed by atoms with E-state index in [1.54, 1.807) is 0 Å². The second-order valence-electron chi connectivity index (χ2n) is 37.1. The molecule has 145 heavy (non-hydrogen) atoms. The first-order valence-corrected chi connectivity index (χ1v) is 49.4. The normalized spacial score (nSPS) is 11.6. The molecule has 0 radical (unpaired) electrons. The Morgan fingerprint density at radius 1 is 0.159 bits per heavy atom. The number of fused-ring (bicyclic) bond motifs is 6. The summed E-state index contributed by atoms with van der Waals surface area (Å²) in [5, 5.41) is 2.50. The number of nitrogens with zero attached hydrogens (tertiary/aromatic N) is 7. The molecule has 0 saturated carbocycles. The predicted octanol–water partition coefficient (Wildman–Crippen LogP) is 37.4. The first-order valence-electron chi connectivity index (χ1n) is 49.4. The maximum Gasteiger partial charge on any atom is 0.0541 e. The highest BCUT2D eigenvalue weighted by Gasteiger charge is 2.36. The molecule has 0 unspecified atom stereocenters. The average molecular weight is 1860 g/mol. The lowest BCUT2D eigenvalue weighted by atomic mass is 9.82. The standard InChI is InChI=1S/C53H37N3.C44H34N2.C41H30N2/c1-3-10-38(11-4-1)43-12-9-13-44(36-43)40-20-27-48(28-21-40)55(47-25-18-39(19-26-47)42-32-34-54-35-33-42)49-29-22-41(23-30-49)45-24-31-53-51(37-45)50-16-7-8-17-52(50)56(53)46-14-5-2-6-15-46;1-44(2)42-16-10-9-15-40(42)41-22-21-38(30-43(41)44)46(37-19-17-33(18-20-37)34-23-25-45-26-24-34)39-28-35(31-11-5-3-6-12-31)27-36(29-39)32-13-7-4-8-14-32;1-3-7-31(8-4-1)33-11-13-34(14-12-33)36-17-23-40(24-18-36)43(39-21-15-35(16-22-39)32-9-5-2-6-10-32)41-25-19-37(20-26-41)38-27-29-42-30-28-38/h1-37H;3-30H,1-2H3;1-30H. The van der Waals surface area contributed by atoms with E-state index in [1.807, 2.05) is 61.4 Å². The third-order valence-electron chi connectivity index (χ3n) is 27.9. The number of hydrogen-bond acceptors (Lipinski definition) is 6. The summed E-state index contributed by atoms with van der Waals surface area (Å²) < 4.78 is 2.36. The van der Waals surface area contributed by atoms with Gasteiger partial charge in [0.25, 0.3) is 0 Å². The van der Waals surface area contributed by atoms with Gasteiger partial charge in [0.2, 0.25) is 0 Å². The Kier molecular flexibility index (Phi) is 25.3. The molecule has 24 aromatic rings. The van der Waals surface area contributed by atoms with Crippen LogP contribution in [-0.2, 0) is 5.41 Å². The van der Waals surface area contributed by atoms with Crippen LogP contribution in [0.4, 0.5) is 51.2 Å². The van der Waals surface area contributed by atoms with Crippen molar-refractivity contribution >= 4 is 73.0 Å². The molecule has 688 valence electrons. The molecule has 0 N–H and O–H groups in total. The smallest absolute Gasteiger partial charge is 0.0541 e. The Labute approximate surface area is 847 Å². The van der Waals surface area contributed by atoms with Crippen LogP contribution in [0.25, 0.3) is 161 Å². The fraction of sp³-hybridized carbons (Fsp3) is 0.0217. The van der Waals surface area contributed by atoms with E-state index in [-0.39, 0.29) is 5.41 Å². The van der Waals surface area contributed by atoms with Crippen LogP contribution < -0.4 is 14.7 Å². The molecule has 20 aromatic carbocycles. The second kappa shape index (κ2) is 40.8. The molecule has 4 heterocycles. The van der Waals surface area contributed by atoms with Gasteiger partial charge in [0.1, 0.15) is 0 Å². The lowest BCUT2D eigenvalue weighted by molar-refractivity contribution is 0.660. The molecule has 0 atom stereocenters. The number of pyridine rings is 3.